The number of hydrazine groups is 1. The first-order valence-corrected chi connectivity index (χ1v) is 20.3. The number of phenolic OH excluding ortho intramolecular Hbond substituents is 1. The van der Waals surface area contributed by atoms with E-state index in [1.54, 1.807) is 55.1 Å². The van der Waals surface area contributed by atoms with Gasteiger partial charge in [-0.15, -0.1) is 6.58 Å². The molecule has 1 aromatic heterocycles. The van der Waals surface area contributed by atoms with E-state index >= 15 is 0 Å². The Morgan fingerprint density at radius 2 is 1.67 bits per heavy atom. The summed E-state index contributed by atoms with van der Waals surface area (Å²) in [6, 6.07) is 21.4. The molecule has 1 N–H and O–H groups in total. The first-order chi connectivity index (χ1) is 28.0. The van der Waals surface area contributed by atoms with Crippen molar-refractivity contribution in [2.75, 3.05) is 73.0 Å². The smallest absolute Gasteiger partial charge is 0.255 e. The third-order valence-corrected chi connectivity index (χ3v) is 11.8. The molecular formula is C45H56N8O5. The van der Waals surface area contributed by atoms with E-state index in [-0.39, 0.29) is 68.4 Å². The number of amides is 4. The van der Waals surface area contributed by atoms with E-state index in [9.17, 15) is 24.3 Å². The SMILES string of the molecule is C=CCN1CC(=O)N2[C@@H](Cc3ccc(O)cc3)C(=O)N(Cc3cccc4c(C(=O)N(C)CCCN5CCN(C)CC5)cn(C)c34)C[C@@H]2N1C(=O)CCc1ccccc1. The van der Waals surface area contributed by atoms with Gasteiger partial charge >= 0.3 is 0 Å². The first-order valence-electron chi connectivity index (χ1n) is 20.3. The second-order valence-corrected chi connectivity index (χ2v) is 15.9. The maximum absolute atomic E-state index is 14.7. The molecule has 13 nitrogen and oxygen atoms in total. The minimum Gasteiger partial charge on any atom is -0.508 e. The zero-order valence-electron chi connectivity index (χ0n) is 34.0. The number of carbonyl (C=O) groups is 4. The van der Waals surface area contributed by atoms with Gasteiger partial charge in [0.2, 0.25) is 17.7 Å². The van der Waals surface area contributed by atoms with Crippen molar-refractivity contribution in [1.82, 2.24) is 39.1 Å². The monoisotopic (exact) mass is 788 g/mol. The van der Waals surface area contributed by atoms with Crippen LogP contribution in [0.5, 0.6) is 5.75 Å². The first kappa shape index (κ1) is 40.7. The Bertz CT molecular complexity index is 2110. The lowest BCUT2D eigenvalue weighted by molar-refractivity contribution is -0.205. The summed E-state index contributed by atoms with van der Waals surface area (Å²) in [6.45, 7) is 10.2. The van der Waals surface area contributed by atoms with Gasteiger partial charge in [-0.05, 0) is 55.3 Å². The van der Waals surface area contributed by atoms with Crippen molar-refractivity contribution in [2.45, 2.75) is 44.4 Å². The number of aromatic hydroxyl groups is 1. The summed E-state index contributed by atoms with van der Waals surface area (Å²) in [7, 11) is 5.92. The van der Waals surface area contributed by atoms with Gasteiger partial charge in [0, 0.05) is 84.3 Å². The largest absolute Gasteiger partial charge is 0.508 e. The third-order valence-electron chi connectivity index (χ3n) is 11.8. The lowest BCUT2D eigenvalue weighted by Gasteiger charge is -2.55. The molecule has 0 radical (unpaired) electrons. The van der Waals surface area contributed by atoms with E-state index in [0.717, 1.165) is 66.7 Å². The van der Waals surface area contributed by atoms with E-state index in [0.29, 0.717) is 18.5 Å². The molecule has 13 heteroatoms. The quantitative estimate of drug-likeness (QED) is 0.193. The minimum atomic E-state index is -0.893. The van der Waals surface area contributed by atoms with E-state index in [1.165, 1.54) is 0 Å². The Morgan fingerprint density at radius 3 is 2.40 bits per heavy atom. The lowest BCUT2D eigenvalue weighted by atomic mass is 9.97. The third kappa shape index (κ3) is 8.81. The molecule has 7 rings (SSSR count). The topological polar surface area (TPSA) is 116 Å². The predicted octanol–water partition coefficient (Wildman–Crippen LogP) is 3.58. The molecule has 58 heavy (non-hydrogen) atoms. The van der Waals surface area contributed by atoms with Crippen molar-refractivity contribution < 1.29 is 24.3 Å². The Balaban J connectivity index is 1.16. The highest BCUT2D eigenvalue weighted by Gasteiger charge is 2.51. The van der Waals surface area contributed by atoms with Crippen molar-refractivity contribution in [3.63, 3.8) is 0 Å². The molecule has 0 saturated carbocycles. The number of rotatable bonds is 14. The van der Waals surface area contributed by atoms with E-state index in [4.69, 9.17) is 0 Å². The number of benzene rings is 3. The molecule has 0 spiro atoms. The van der Waals surface area contributed by atoms with Crippen LogP contribution in [0, 0.1) is 0 Å². The summed E-state index contributed by atoms with van der Waals surface area (Å²) in [4.78, 5) is 67.0. The zero-order valence-corrected chi connectivity index (χ0v) is 34.0. The fraction of sp³-hybridized carbons (Fsp3) is 0.422. The van der Waals surface area contributed by atoms with Crippen LogP contribution in [0.1, 0.15) is 39.9 Å². The molecule has 3 fully saturated rings. The van der Waals surface area contributed by atoms with Gasteiger partial charge in [0.05, 0.1) is 24.2 Å². The van der Waals surface area contributed by atoms with Crippen molar-refractivity contribution in [2.24, 2.45) is 7.05 Å². The molecule has 0 bridgehead atoms. The molecule has 306 valence electrons. The van der Waals surface area contributed by atoms with Gasteiger partial charge in [-0.3, -0.25) is 19.2 Å². The molecule has 4 heterocycles. The summed E-state index contributed by atoms with van der Waals surface area (Å²) in [5, 5.41) is 14.2. The molecule has 4 amide bonds. The predicted molar refractivity (Wildman–Crippen MR) is 223 cm³/mol. The number of hydrogen-bond acceptors (Lipinski definition) is 8. The summed E-state index contributed by atoms with van der Waals surface area (Å²) in [6.07, 6.45) is 4.65. The molecule has 3 aliphatic rings. The number of aromatic nitrogens is 1. The van der Waals surface area contributed by atoms with Gasteiger partial charge in [0.25, 0.3) is 5.91 Å². The van der Waals surface area contributed by atoms with Gasteiger partial charge in [-0.25, -0.2) is 10.0 Å². The summed E-state index contributed by atoms with van der Waals surface area (Å²) in [5.74, 6) is -0.559. The molecular weight excluding hydrogens is 733 g/mol. The number of fused-ring (bicyclic) bond motifs is 2. The standard InChI is InChI=1S/C45H56N8O5/c1-5-21-51-32-42(56)52-39(28-34-15-18-36(54)19-16-34)45(58)50(31-40(52)53(51)41(55)20-17-33-11-7-6-8-12-33)29-35-13-9-14-37-38(30-48(4)43(35)37)44(57)47(3)22-10-23-49-26-24-46(2)25-27-49/h5-9,11-16,18-19,30,39-40,54H,1,10,17,20-29,31-32H2,2-4H3/t39-,40-/m0/s1. The number of carbonyl (C=O) groups excluding carboxylic acids is 4. The number of para-hydroxylation sites is 1. The van der Waals surface area contributed by atoms with E-state index in [2.05, 4.69) is 23.4 Å². The van der Waals surface area contributed by atoms with Crippen LogP contribution < -0.4 is 0 Å². The van der Waals surface area contributed by atoms with Gasteiger partial charge in [-0.2, -0.15) is 0 Å². The van der Waals surface area contributed by atoms with Crippen LogP contribution in [-0.4, -0.2) is 153 Å². The number of piperazine rings is 2. The van der Waals surface area contributed by atoms with E-state index in [1.807, 2.05) is 73.4 Å². The molecule has 0 aliphatic carbocycles. The maximum atomic E-state index is 14.7. The fourth-order valence-electron chi connectivity index (χ4n) is 8.74. The van der Waals surface area contributed by atoms with Crippen LogP contribution in [0.15, 0.2) is 91.6 Å². The maximum Gasteiger partial charge on any atom is 0.255 e. The number of hydrogen-bond donors (Lipinski definition) is 1. The molecule has 3 aliphatic heterocycles. The van der Waals surface area contributed by atoms with Gasteiger partial charge in [0.1, 0.15) is 18.0 Å². The van der Waals surface area contributed by atoms with Gasteiger partial charge in [0.15, 0.2) is 0 Å². The van der Waals surface area contributed by atoms with Crippen molar-refractivity contribution in [3.8, 4) is 5.75 Å². The summed E-state index contributed by atoms with van der Waals surface area (Å²) < 4.78 is 1.96. The van der Waals surface area contributed by atoms with Crippen LogP contribution in [0.2, 0.25) is 0 Å². The molecule has 2 atom stereocenters. The lowest BCUT2D eigenvalue weighted by Crippen LogP contribution is -2.75. The average molecular weight is 789 g/mol. The Morgan fingerprint density at radius 1 is 0.931 bits per heavy atom. The molecule has 3 aromatic carbocycles. The van der Waals surface area contributed by atoms with Crippen LogP contribution in [-0.2, 0) is 40.8 Å². The molecule has 3 saturated heterocycles. The Kier molecular flexibility index (Phi) is 12.6. The highest BCUT2D eigenvalue weighted by molar-refractivity contribution is 6.07. The van der Waals surface area contributed by atoms with Gasteiger partial charge in [-0.1, -0.05) is 66.7 Å². The van der Waals surface area contributed by atoms with Crippen molar-refractivity contribution in [3.05, 3.63) is 114 Å². The van der Waals surface area contributed by atoms with E-state index < -0.39 is 12.2 Å². The molecule has 4 aromatic rings. The highest BCUT2D eigenvalue weighted by Crippen LogP contribution is 2.32. The van der Waals surface area contributed by atoms with Crippen LogP contribution in [0.4, 0.5) is 0 Å². The van der Waals surface area contributed by atoms with Crippen LogP contribution >= 0.6 is 0 Å². The number of phenols is 1. The fourth-order valence-corrected chi connectivity index (χ4v) is 8.74. The molecule has 0 unspecified atom stereocenters. The van der Waals surface area contributed by atoms with Crippen molar-refractivity contribution in [1.29, 1.82) is 0 Å². The number of nitrogens with zero attached hydrogens (tertiary/aromatic N) is 8. The van der Waals surface area contributed by atoms with Crippen LogP contribution in [0.25, 0.3) is 10.9 Å². The normalized spacial score (nSPS) is 19.5. The average Bonchev–Trinajstić information content (AvgIpc) is 3.56. The number of aryl methyl sites for hydroxylation is 2. The van der Waals surface area contributed by atoms with Crippen LogP contribution in [0.3, 0.4) is 0 Å². The van der Waals surface area contributed by atoms with Gasteiger partial charge < -0.3 is 34.2 Å². The van der Waals surface area contributed by atoms with Crippen molar-refractivity contribution >= 4 is 34.5 Å². The minimum absolute atomic E-state index is 0.0486. The Hall–Kier alpha value is -5.50. The summed E-state index contributed by atoms with van der Waals surface area (Å²) in [5.41, 5.74) is 4.13. The second-order valence-electron chi connectivity index (χ2n) is 15.9. The Labute approximate surface area is 341 Å². The second kappa shape index (κ2) is 18.0. The number of likely N-dealkylation sites (N-methyl/N-ethyl adjacent to an activating group) is 1. The highest BCUT2D eigenvalue weighted by atomic mass is 16.3. The zero-order chi connectivity index (χ0) is 40.9. The summed E-state index contributed by atoms with van der Waals surface area (Å²) >= 11 is 0.